The minimum Gasteiger partial charge on any atom is -0.477 e. The van der Waals surface area contributed by atoms with Crippen LogP contribution in [-0.4, -0.2) is 24.5 Å². The van der Waals surface area contributed by atoms with E-state index in [1.807, 2.05) is 4.72 Å². The Hall–Kier alpha value is -2.42. The quantitative estimate of drug-likeness (QED) is 0.801. The maximum Gasteiger partial charge on any atom is 0.352 e. The number of nitrogens with one attached hydrogen (secondary N) is 2. The van der Waals surface area contributed by atoms with Gasteiger partial charge >= 0.3 is 5.97 Å². The van der Waals surface area contributed by atoms with Crippen molar-refractivity contribution in [3.63, 3.8) is 0 Å². The molecule has 0 aliphatic heterocycles. The van der Waals surface area contributed by atoms with Gasteiger partial charge in [-0.15, -0.1) is 0 Å². The number of halogens is 2. The topological polar surface area (TPSA) is 99.3 Å². The van der Waals surface area contributed by atoms with Gasteiger partial charge in [-0.1, -0.05) is 6.07 Å². The number of H-pyrrole nitrogens is 1. The van der Waals surface area contributed by atoms with E-state index in [1.54, 1.807) is 0 Å². The highest BCUT2D eigenvalue weighted by molar-refractivity contribution is 7.92. The first-order valence-electron chi connectivity index (χ1n) is 5.20. The summed E-state index contributed by atoms with van der Waals surface area (Å²) in [7, 11) is -4.22. The predicted molar refractivity (Wildman–Crippen MR) is 64.9 cm³/mol. The van der Waals surface area contributed by atoms with Gasteiger partial charge < -0.3 is 10.1 Å². The fourth-order valence-electron chi connectivity index (χ4n) is 1.44. The van der Waals surface area contributed by atoms with Crippen molar-refractivity contribution in [2.24, 2.45) is 0 Å². The van der Waals surface area contributed by atoms with E-state index in [9.17, 15) is 22.0 Å². The summed E-state index contributed by atoms with van der Waals surface area (Å²) in [5.41, 5.74) is -0.909. The second kappa shape index (κ2) is 4.93. The minimum atomic E-state index is -4.22. The summed E-state index contributed by atoms with van der Waals surface area (Å²) in [6.45, 7) is 0. The zero-order valence-electron chi connectivity index (χ0n) is 9.72. The lowest BCUT2D eigenvalue weighted by atomic mass is 10.3. The number of hydrogen-bond donors (Lipinski definition) is 3. The molecule has 0 saturated heterocycles. The second-order valence-corrected chi connectivity index (χ2v) is 5.44. The van der Waals surface area contributed by atoms with Crippen LogP contribution in [0.25, 0.3) is 0 Å². The molecular formula is C11H8F2N2O4S. The maximum absolute atomic E-state index is 13.4. The highest BCUT2D eigenvalue weighted by Crippen LogP contribution is 2.21. The summed E-state index contributed by atoms with van der Waals surface area (Å²) in [6.07, 6.45) is 0.934. The standard InChI is InChI=1S/C11H8F2N2O4S/c12-7-2-1-3-8(10(7)13)15-20(18,19)6-4-9(11(16)17)14-5-6/h1-5,14-15H,(H,16,17). The predicted octanol–water partition coefficient (Wildman–Crippen LogP) is 1.79. The molecule has 2 aromatic rings. The largest absolute Gasteiger partial charge is 0.477 e. The summed E-state index contributed by atoms with van der Waals surface area (Å²) in [5, 5.41) is 8.68. The van der Waals surface area contributed by atoms with Gasteiger partial charge in [-0.3, -0.25) is 4.72 Å². The van der Waals surface area contributed by atoms with Crippen molar-refractivity contribution in [2.45, 2.75) is 4.90 Å². The van der Waals surface area contributed by atoms with E-state index >= 15 is 0 Å². The number of anilines is 1. The normalized spacial score (nSPS) is 11.3. The van der Waals surface area contributed by atoms with Gasteiger partial charge in [0.05, 0.1) is 5.69 Å². The first kappa shape index (κ1) is 14.0. The third kappa shape index (κ3) is 2.62. The van der Waals surface area contributed by atoms with Crippen LogP contribution in [0.1, 0.15) is 10.5 Å². The van der Waals surface area contributed by atoms with Crippen LogP contribution in [0.5, 0.6) is 0 Å². The number of aromatic carboxylic acids is 1. The second-order valence-electron chi connectivity index (χ2n) is 3.76. The molecule has 3 N–H and O–H groups in total. The first-order chi connectivity index (χ1) is 9.31. The molecule has 0 radical (unpaired) electrons. The van der Waals surface area contributed by atoms with Gasteiger partial charge in [0.1, 0.15) is 10.6 Å². The highest BCUT2D eigenvalue weighted by atomic mass is 32.2. The molecule has 1 aromatic heterocycles. The number of carbonyl (C=O) groups is 1. The fourth-order valence-corrected chi connectivity index (χ4v) is 2.49. The molecule has 9 heteroatoms. The molecule has 0 amide bonds. The van der Waals surface area contributed by atoms with Crippen molar-refractivity contribution in [1.82, 2.24) is 4.98 Å². The van der Waals surface area contributed by atoms with Gasteiger partial charge in [-0.05, 0) is 18.2 Å². The minimum absolute atomic E-state index is 0.343. The van der Waals surface area contributed by atoms with E-state index in [0.717, 1.165) is 30.5 Å². The fraction of sp³-hybridized carbons (Fsp3) is 0. The number of carboxylic acids is 1. The number of rotatable bonds is 4. The van der Waals surface area contributed by atoms with Crippen LogP contribution in [0.3, 0.4) is 0 Å². The van der Waals surface area contributed by atoms with Gasteiger partial charge in [0.25, 0.3) is 10.0 Å². The number of carboxylic acid groups (broad SMARTS) is 1. The molecule has 0 unspecified atom stereocenters. The molecule has 2 rings (SSSR count). The summed E-state index contributed by atoms with van der Waals surface area (Å²) in [6, 6.07) is 3.88. The molecule has 0 bridgehead atoms. The average molecular weight is 302 g/mol. The van der Waals surface area contributed by atoms with Crippen molar-refractivity contribution in [3.05, 3.63) is 47.8 Å². The molecule has 0 atom stereocenters. The monoisotopic (exact) mass is 302 g/mol. The first-order valence-corrected chi connectivity index (χ1v) is 6.68. The molecule has 1 aromatic carbocycles. The van der Waals surface area contributed by atoms with Gasteiger partial charge in [-0.25, -0.2) is 22.0 Å². The number of benzene rings is 1. The Labute approximate surface area is 112 Å². The van der Waals surface area contributed by atoms with Gasteiger partial charge in [0.15, 0.2) is 11.6 Å². The number of sulfonamides is 1. The van der Waals surface area contributed by atoms with Crippen molar-refractivity contribution in [3.8, 4) is 0 Å². The lowest BCUT2D eigenvalue weighted by molar-refractivity contribution is 0.0691. The lowest BCUT2D eigenvalue weighted by Crippen LogP contribution is -2.13. The smallest absolute Gasteiger partial charge is 0.352 e. The average Bonchev–Trinajstić information content (AvgIpc) is 2.85. The molecule has 0 spiro atoms. The number of aromatic amines is 1. The van der Waals surface area contributed by atoms with Crippen LogP contribution < -0.4 is 4.72 Å². The zero-order chi connectivity index (χ0) is 14.9. The molecule has 1 heterocycles. The SMILES string of the molecule is O=C(O)c1cc(S(=O)(=O)Nc2cccc(F)c2F)c[nH]1. The van der Waals surface area contributed by atoms with Crippen LogP contribution in [0.2, 0.25) is 0 Å². The van der Waals surface area contributed by atoms with Crippen molar-refractivity contribution < 1.29 is 27.1 Å². The van der Waals surface area contributed by atoms with Gasteiger partial charge in [0, 0.05) is 6.20 Å². The Bertz CT molecular complexity index is 770. The molecule has 106 valence electrons. The van der Waals surface area contributed by atoms with E-state index in [4.69, 9.17) is 5.11 Å². The van der Waals surface area contributed by atoms with E-state index in [2.05, 4.69) is 4.98 Å². The van der Waals surface area contributed by atoms with E-state index in [-0.39, 0.29) is 5.69 Å². The molecule has 6 nitrogen and oxygen atoms in total. The van der Waals surface area contributed by atoms with Crippen LogP contribution in [0, 0.1) is 11.6 Å². The van der Waals surface area contributed by atoms with E-state index in [1.165, 1.54) is 0 Å². The zero-order valence-corrected chi connectivity index (χ0v) is 10.5. The Kier molecular flexibility index (Phi) is 3.45. The third-order valence-corrected chi connectivity index (χ3v) is 3.74. The Morgan fingerprint density at radius 2 is 2.00 bits per heavy atom. The van der Waals surface area contributed by atoms with Gasteiger partial charge in [0.2, 0.25) is 0 Å². The summed E-state index contributed by atoms with van der Waals surface area (Å²) >= 11 is 0. The van der Waals surface area contributed by atoms with Gasteiger partial charge in [-0.2, -0.15) is 0 Å². The van der Waals surface area contributed by atoms with Crippen molar-refractivity contribution in [1.29, 1.82) is 0 Å². The molecular weight excluding hydrogens is 294 g/mol. The van der Waals surface area contributed by atoms with E-state index < -0.39 is 38.2 Å². The van der Waals surface area contributed by atoms with Crippen molar-refractivity contribution >= 4 is 21.7 Å². The summed E-state index contributed by atoms with van der Waals surface area (Å²) in [4.78, 5) is 12.5. The van der Waals surface area contributed by atoms with Crippen molar-refractivity contribution in [2.75, 3.05) is 4.72 Å². The molecule has 20 heavy (non-hydrogen) atoms. The van der Waals surface area contributed by atoms with Crippen LogP contribution in [0.15, 0.2) is 35.4 Å². The van der Waals surface area contributed by atoms with Crippen LogP contribution in [-0.2, 0) is 10.0 Å². The van der Waals surface area contributed by atoms with E-state index in [0.29, 0.717) is 0 Å². The highest BCUT2D eigenvalue weighted by Gasteiger charge is 2.20. The number of aromatic nitrogens is 1. The Morgan fingerprint density at radius 3 is 2.60 bits per heavy atom. The molecule has 0 fully saturated rings. The van der Waals surface area contributed by atoms with Crippen LogP contribution >= 0.6 is 0 Å². The maximum atomic E-state index is 13.4. The Morgan fingerprint density at radius 1 is 1.30 bits per heavy atom. The summed E-state index contributed by atoms with van der Waals surface area (Å²) in [5.74, 6) is -3.89. The lowest BCUT2D eigenvalue weighted by Gasteiger charge is -2.07. The summed E-state index contributed by atoms with van der Waals surface area (Å²) < 4.78 is 52.0. The molecule has 0 aliphatic carbocycles. The third-order valence-electron chi connectivity index (χ3n) is 2.39. The molecule has 0 aliphatic rings. The number of hydrogen-bond acceptors (Lipinski definition) is 3. The van der Waals surface area contributed by atoms with Crippen LogP contribution in [0.4, 0.5) is 14.5 Å². The Balaban J connectivity index is 2.35. The molecule has 0 saturated carbocycles.